The van der Waals surface area contributed by atoms with E-state index in [1.807, 2.05) is 0 Å². The lowest BCUT2D eigenvalue weighted by Crippen LogP contribution is -2.20. The van der Waals surface area contributed by atoms with Gasteiger partial charge in [0.05, 0.1) is 19.2 Å². The van der Waals surface area contributed by atoms with E-state index in [0.29, 0.717) is 11.7 Å². The Hall–Kier alpha value is -2.21. The average molecular weight is 303 g/mol. The van der Waals surface area contributed by atoms with Gasteiger partial charge in [0, 0.05) is 25.1 Å². The van der Waals surface area contributed by atoms with Crippen molar-refractivity contribution in [1.82, 2.24) is 9.78 Å². The van der Waals surface area contributed by atoms with Gasteiger partial charge in [-0.3, -0.25) is 4.79 Å². The zero-order chi connectivity index (χ0) is 15.4. The Morgan fingerprint density at radius 3 is 2.91 bits per heavy atom. The number of nitrogens with one attached hydrogen (secondary N) is 1. The Morgan fingerprint density at radius 2 is 2.18 bits per heavy atom. The fourth-order valence-corrected chi connectivity index (χ4v) is 2.53. The van der Waals surface area contributed by atoms with E-state index in [4.69, 9.17) is 4.74 Å². The summed E-state index contributed by atoms with van der Waals surface area (Å²) >= 11 is 0. The highest BCUT2D eigenvalue weighted by molar-refractivity contribution is 5.91. The Bertz CT molecular complexity index is 633. The van der Waals surface area contributed by atoms with Gasteiger partial charge in [0.1, 0.15) is 11.6 Å². The van der Waals surface area contributed by atoms with Crippen LogP contribution < -0.4 is 5.32 Å². The van der Waals surface area contributed by atoms with Crippen LogP contribution in [0.1, 0.15) is 12.0 Å². The number of carbonyl (C=O) groups excluding carboxylic acids is 1. The zero-order valence-electron chi connectivity index (χ0n) is 12.2. The summed E-state index contributed by atoms with van der Waals surface area (Å²) in [5.41, 5.74) is 0.772. The molecule has 0 unspecified atom stereocenters. The van der Waals surface area contributed by atoms with E-state index >= 15 is 0 Å². The van der Waals surface area contributed by atoms with Crippen LogP contribution in [-0.2, 0) is 22.5 Å². The van der Waals surface area contributed by atoms with Gasteiger partial charge in [0.15, 0.2) is 0 Å². The fraction of sp³-hybridized carbons (Fsp3) is 0.375. The number of nitrogens with zero attached hydrogens (tertiary/aromatic N) is 2. The molecule has 1 aromatic heterocycles. The van der Waals surface area contributed by atoms with E-state index in [1.165, 1.54) is 12.1 Å². The van der Waals surface area contributed by atoms with E-state index in [2.05, 4.69) is 10.4 Å². The quantitative estimate of drug-likeness (QED) is 0.921. The normalized spacial score (nSPS) is 17.6. The number of ether oxygens (including phenoxy) is 1. The summed E-state index contributed by atoms with van der Waals surface area (Å²) in [7, 11) is 0. The summed E-state index contributed by atoms with van der Waals surface area (Å²) in [6.07, 6.45) is 2.89. The molecular formula is C16H18FN3O2. The second-order valence-electron chi connectivity index (χ2n) is 5.48. The van der Waals surface area contributed by atoms with E-state index in [-0.39, 0.29) is 18.1 Å². The number of amides is 1. The van der Waals surface area contributed by atoms with Gasteiger partial charge in [0.25, 0.3) is 0 Å². The molecule has 0 saturated carbocycles. The Morgan fingerprint density at radius 1 is 1.36 bits per heavy atom. The molecule has 1 N–H and O–H groups in total. The van der Waals surface area contributed by atoms with Gasteiger partial charge in [-0.2, -0.15) is 5.10 Å². The Labute approximate surface area is 128 Å². The van der Waals surface area contributed by atoms with Gasteiger partial charge in [-0.25, -0.2) is 9.07 Å². The molecule has 5 nitrogen and oxygen atoms in total. The third-order valence-electron chi connectivity index (χ3n) is 3.72. The second kappa shape index (κ2) is 6.70. The van der Waals surface area contributed by atoms with Crippen molar-refractivity contribution in [2.45, 2.75) is 19.4 Å². The number of aromatic nitrogens is 2. The van der Waals surface area contributed by atoms with Crippen LogP contribution in [0.15, 0.2) is 36.5 Å². The predicted octanol–water partition coefficient (Wildman–Crippen LogP) is 2.24. The largest absolute Gasteiger partial charge is 0.381 e. The minimum absolute atomic E-state index is 0.143. The van der Waals surface area contributed by atoms with Crippen molar-refractivity contribution in [2.24, 2.45) is 5.92 Å². The summed E-state index contributed by atoms with van der Waals surface area (Å²) in [5.74, 6) is 0.670. The molecule has 2 heterocycles. The monoisotopic (exact) mass is 303 g/mol. The van der Waals surface area contributed by atoms with Gasteiger partial charge in [-0.15, -0.1) is 0 Å². The van der Waals surface area contributed by atoms with Crippen LogP contribution in [0.4, 0.5) is 10.2 Å². The van der Waals surface area contributed by atoms with Crippen LogP contribution in [0.2, 0.25) is 0 Å². The van der Waals surface area contributed by atoms with Crippen molar-refractivity contribution in [3.8, 4) is 0 Å². The van der Waals surface area contributed by atoms with Crippen LogP contribution >= 0.6 is 0 Å². The average Bonchev–Trinajstić information content (AvgIpc) is 3.15. The van der Waals surface area contributed by atoms with Gasteiger partial charge in [0.2, 0.25) is 5.91 Å². The molecule has 6 heteroatoms. The molecule has 0 aliphatic carbocycles. The number of halogens is 1. The molecule has 1 aliphatic heterocycles. The maximum Gasteiger partial charge on any atom is 0.229 e. The van der Waals surface area contributed by atoms with Crippen LogP contribution in [0, 0.1) is 11.7 Å². The van der Waals surface area contributed by atoms with Gasteiger partial charge in [-0.1, -0.05) is 12.1 Å². The molecule has 0 radical (unpaired) electrons. The van der Waals surface area contributed by atoms with Crippen LogP contribution in [0.25, 0.3) is 0 Å². The zero-order valence-corrected chi connectivity index (χ0v) is 12.2. The summed E-state index contributed by atoms with van der Waals surface area (Å²) in [6.45, 7) is 2.26. The van der Waals surface area contributed by atoms with Crippen LogP contribution in [-0.4, -0.2) is 28.9 Å². The van der Waals surface area contributed by atoms with Crippen molar-refractivity contribution in [3.05, 3.63) is 47.9 Å². The number of benzene rings is 1. The molecule has 1 fully saturated rings. The number of anilines is 1. The van der Waals surface area contributed by atoms with Crippen molar-refractivity contribution in [1.29, 1.82) is 0 Å². The molecule has 1 aliphatic rings. The molecule has 22 heavy (non-hydrogen) atoms. The SMILES string of the molecule is O=C(Cc1ccc(F)cc1)Nc1ccnn1C[C@@H]1CCOC1. The van der Waals surface area contributed by atoms with Gasteiger partial charge >= 0.3 is 0 Å². The highest BCUT2D eigenvalue weighted by atomic mass is 19.1. The maximum atomic E-state index is 12.9. The first kappa shape index (κ1) is 14.7. The van der Waals surface area contributed by atoms with Gasteiger partial charge in [-0.05, 0) is 24.1 Å². The van der Waals surface area contributed by atoms with E-state index in [1.54, 1.807) is 29.1 Å². The molecule has 3 rings (SSSR count). The molecule has 0 spiro atoms. The standard InChI is InChI=1S/C16H18FN3O2/c17-14-3-1-12(2-4-14)9-16(21)19-15-5-7-18-20(15)10-13-6-8-22-11-13/h1-5,7,13H,6,8-11H2,(H,19,21)/t13-/m0/s1. The first-order valence-electron chi connectivity index (χ1n) is 7.34. The number of hydrogen-bond donors (Lipinski definition) is 1. The van der Waals surface area contributed by atoms with Crippen molar-refractivity contribution in [2.75, 3.05) is 18.5 Å². The minimum atomic E-state index is -0.305. The van der Waals surface area contributed by atoms with E-state index in [0.717, 1.165) is 31.7 Å². The highest BCUT2D eigenvalue weighted by Gasteiger charge is 2.18. The molecular weight excluding hydrogens is 285 g/mol. The second-order valence-corrected chi connectivity index (χ2v) is 5.48. The van der Waals surface area contributed by atoms with E-state index in [9.17, 15) is 9.18 Å². The van der Waals surface area contributed by atoms with Crippen molar-refractivity contribution < 1.29 is 13.9 Å². The number of carbonyl (C=O) groups is 1. The van der Waals surface area contributed by atoms with Crippen molar-refractivity contribution in [3.63, 3.8) is 0 Å². The summed E-state index contributed by atoms with van der Waals surface area (Å²) in [4.78, 5) is 12.1. The third-order valence-corrected chi connectivity index (χ3v) is 3.72. The lowest BCUT2D eigenvalue weighted by molar-refractivity contribution is -0.115. The van der Waals surface area contributed by atoms with Crippen LogP contribution in [0.3, 0.4) is 0 Å². The summed E-state index contributed by atoms with van der Waals surface area (Å²) in [5, 5.41) is 7.10. The summed E-state index contributed by atoms with van der Waals surface area (Å²) in [6, 6.07) is 7.71. The maximum absolute atomic E-state index is 12.9. The number of rotatable bonds is 5. The predicted molar refractivity (Wildman–Crippen MR) is 79.9 cm³/mol. The molecule has 1 atom stereocenters. The molecule has 0 bridgehead atoms. The lowest BCUT2D eigenvalue weighted by Gasteiger charge is -2.12. The third kappa shape index (κ3) is 3.71. The molecule has 1 aromatic carbocycles. The minimum Gasteiger partial charge on any atom is -0.381 e. The molecule has 2 aromatic rings. The highest BCUT2D eigenvalue weighted by Crippen LogP contribution is 2.17. The number of hydrogen-bond acceptors (Lipinski definition) is 3. The smallest absolute Gasteiger partial charge is 0.229 e. The topological polar surface area (TPSA) is 56.2 Å². The first-order valence-corrected chi connectivity index (χ1v) is 7.34. The fourth-order valence-electron chi connectivity index (χ4n) is 2.53. The Kier molecular flexibility index (Phi) is 4.48. The lowest BCUT2D eigenvalue weighted by atomic mass is 10.1. The summed E-state index contributed by atoms with van der Waals surface area (Å²) < 4.78 is 20.0. The molecule has 116 valence electrons. The van der Waals surface area contributed by atoms with Crippen LogP contribution in [0.5, 0.6) is 0 Å². The first-order chi connectivity index (χ1) is 10.7. The Balaban J connectivity index is 1.59. The molecule has 1 amide bonds. The van der Waals surface area contributed by atoms with E-state index < -0.39 is 0 Å². The van der Waals surface area contributed by atoms with Crippen molar-refractivity contribution >= 4 is 11.7 Å². The molecule has 1 saturated heterocycles. The van der Waals surface area contributed by atoms with Gasteiger partial charge < -0.3 is 10.1 Å².